The van der Waals surface area contributed by atoms with Crippen LogP contribution in [0.3, 0.4) is 0 Å². The van der Waals surface area contributed by atoms with E-state index in [0.29, 0.717) is 12.6 Å². The third kappa shape index (κ3) is 6.85. The van der Waals surface area contributed by atoms with E-state index < -0.39 is 11.9 Å². The summed E-state index contributed by atoms with van der Waals surface area (Å²) in [4.78, 5) is 18.2. The van der Waals surface area contributed by atoms with E-state index >= 15 is 0 Å². The van der Waals surface area contributed by atoms with Gasteiger partial charge in [-0.05, 0) is 18.9 Å². The number of carboxylic acids is 2. The minimum absolute atomic E-state index is 0.0965. The number of hydrogen-bond acceptors (Lipinski definition) is 3. The zero-order valence-corrected chi connectivity index (χ0v) is 11.7. The van der Waals surface area contributed by atoms with E-state index in [2.05, 4.69) is 5.32 Å². The fourth-order valence-electron chi connectivity index (χ4n) is 2.20. The molecular weight excluding hydrogens is 277 g/mol. The van der Waals surface area contributed by atoms with Crippen molar-refractivity contribution in [3.63, 3.8) is 0 Å². The molecule has 0 bridgehead atoms. The van der Waals surface area contributed by atoms with Gasteiger partial charge in [-0.1, -0.05) is 37.5 Å². The standard InChI is InChI=1S/C13H18FN.C2H2O4/c14-13-9-5-4-6-11(13)10-15-12-7-2-1-3-8-12;3-1(4)2(5)6/h4-6,9,12,15H,1-3,7-8,10H2;(H,3,4)(H,5,6). The van der Waals surface area contributed by atoms with Gasteiger partial charge in [0.15, 0.2) is 0 Å². The highest BCUT2D eigenvalue weighted by Crippen LogP contribution is 2.18. The maximum atomic E-state index is 13.3. The molecule has 1 saturated carbocycles. The van der Waals surface area contributed by atoms with Gasteiger partial charge in [-0.25, -0.2) is 14.0 Å². The van der Waals surface area contributed by atoms with Gasteiger partial charge in [-0.3, -0.25) is 0 Å². The van der Waals surface area contributed by atoms with Crippen molar-refractivity contribution in [3.05, 3.63) is 35.6 Å². The van der Waals surface area contributed by atoms with Crippen molar-refractivity contribution in [2.24, 2.45) is 0 Å². The van der Waals surface area contributed by atoms with Crippen molar-refractivity contribution in [3.8, 4) is 0 Å². The lowest BCUT2D eigenvalue weighted by molar-refractivity contribution is -0.159. The Balaban J connectivity index is 0.000000315. The summed E-state index contributed by atoms with van der Waals surface area (Å²) >= 11 is 0. The van der Waals surface area contributed by atoms with E-state index in [9.17, 15) is 4.39 Å². The molecule has 0 aromatic heterocycles. The molecule has 0 saturated heterocycles. The van der Waals surface area contributed by atoms with Crippen LogP contribution in [0.1, 0.15) is 37.7 Å². The molecule has 0 unspecified atom stereocenters. The van der Waals surface area contributed by atoms with Gasteiger partial charge in [0.25, 0.3) is 0 Å². The summed E-state index contributed by atoms with van der Waals surface area (Å²) in [5.41, 5.74) is 0.781. The lowest BCUT2D eigenvalue weighted by atomic mass is 9.95. The van der Waals surface area contributed by atoms with E-state index in [1.807, 2.05) is 12.1 Å². The molecule has 0 heterocycles. The highest BCUT2D eigenvalue weighted by molar-refractivity contribution is 6.27. The van der Waals surface area contributed by atoms with Gasteiger partial charge in [-0.15, -0.1) is 0 Å². The topological polar surface area (TPSA) is 86.6 Å². The predicted octanol–water partition coefficient (Wildman–Crippen LogP) is 2.40. The summed E-state index contributed by atoms with van der Waals surface area (Å²) in [5.74, 6) is -3.74. The molecule has 2 rings (SSSR count). The first-order valence-electron chi connectivity index (χ1n) is 6.93. The summed E-state index contributed by atoms with van der Waals surface area (Å²) in [6, 6.07) is 7.60. The molecule has 0 atom stereocenters. The molecule has 116 valence electrons. The average molecular weight is 297 g/mol. The van der Waals surface area contributed by atoms with Crippen LogP contribution in [0, 0.1) is 5.82 Å². The van der Waals surface area contributed by atoms with Crippen molar-refractivity contribution < 1.29 is 24.2 Å². The van der Waals surface area contributed by atoms with Crippen LogP contribution in [-0.4, -0.2) is 28.2 Å². The Morgan fingerprint density at radius 3 is 2.19 bits per heavy atom. The molecule has 5 nitrogen and oxygen atoms in total. The normalized spacial score (nSPS) is 14.9. The first kappa shape index (κ1) is 17.1. The largest absolute Gasteiger partial charge is 0.473 e. The zero-order valence-electron chi connectivity index (χ0n) is 11.7. The van der Waals surface area contributed by atoms with Crippen LogP contribution in [0.5, 0.6) is 0 Å². The van der Waals surface area contributed by atoms with Crippen molar-refractivity contribution in [1.82, 2.24) is 5.32 Å². The number of hydrogen-bond donors (Lipinski definition) is 3. The summed E-state index contributed by atoms with van der Waals surface area (Å²) in [6.07, 6.45) is 6.48. The minimum atomic E-state index is -1.82. The molecule has 0 aliphatic heterocycles. The second-order valence-electron chi connectivity index (χ2n) is 4.92. The maximum absolute atomic E-state index is 13.3. The van der Waals surface area contributed by atoms with Crippen molar-refractivity contribution in [2.45, 2.75) is 44.7 Å². The second-order valence-corrected chi connectivity index (χ2v) is 4.92. The number of benzene rings is 1. The summed E-state index contributed by atoms with van der Waals surface area (Å²) in [7, 11) is 0. The first-order valence-corrected chi connectivity index (χ1v) is 6.93. The van der Waals surface area contributed by atoms with Crippen molar-refractivity contribution >= 4 is 11.9 Å². The lowest BCUT2D eigenvalue weighted by Gasteiger charge is -2.22. The Bertz CT molecular complexity index is 460. The predicted molar refractivity (Wildman–Crippen MR) is 75.4 cm³/mol. The minimum Gasteiger partial charge on any atom is -0.473 e. The van der Waals surface area contributed by atoms with Crippen LogP contribution in [0.15, 0.2) is 24.3 Å². The zero-order chi connectivity index (χ0) is 15.7. The molecule has 6 heteroatoms. The average Bonchev–Trinajstić information content (AvgIpc) is 2.48. The Hall–Kier alpha value is -1.95. The van der Waals surface area contributed by atoms with Gasteiger partial charge >= 0.3 is 11.9 Å². The van der Waals surface area contributed by atoms with Crippen LogP contribution >= 0.6 is 0 Å². The highest BCUT2D eigenvalue weighted by Gasteiger charge is 2.12. The van der Waals surface area contributed by atoms with Crippen LogP contribution in [-0.2, 0) is 16.1 Å². The fourth-order valence-corrected chi connectivity index (χ4v) is 2.20. The van der Waals surface area contributed by atoms with Gasteiger partial charge < -0.3 is 15.5 Å². The second kappa shape index (κ2) is 9.07. The van der Waals surface area contributed by atoms with Crippen LogP contribution < -0.4 is 5.32 Å². The van der Waals surface area contributed by atoms with Gasteiger partial charge in [-0.2, -0.15) is 0 Å². The summed E-state index contributed by atoms with van der Waals surface area (Å²) < 4.78 is 13.3. The third-order valence-electron chi connectivity index (χ3n) is 3.33. The molecule has 1 fully saturated rings. The maximum Gasteiger partial charge on any atom is 0.414 e. The Labute approximate surface area is 122 Å². The van der Waals surface area contributed by atoms with Gasteiger partial charge in [0.1, 0.15) is 5.82 Å². The molecule has 1 aliphatic carbocycles. The van der Waals surface area contributed by atoms with Gasteiger partial charge in [0, 0.05) is 18.2 Å². The summed E-state index contributed by atoms with van der Waals surface area (Å²) in [6.45, 7) is 0.664. The molecule has 1 aromatic carbocycles. The molecule has 0 amide bonds. The monoisotopic (exact) mass is 297 g/mol. The number of carbonyl (C=O) groups is 2. The fraction of sp³-hybridized carbons (Fsp3) is 0.467. The Morgan fingerprint density at radius 2 is 1.67 bits per heavy atom. The number of halogens is 1. The number of rotatable bonds is 3. The number of carboxylic acid groups (broad SMARTS) is 2. The smallest absolute Gasteiger partial charge is 0.414 e. The molecular formula is C15H20FNO4. The van der Waals surface area contributed by atoms with Crippen LogP contribution in [0.2, 0.25) is 0 Å². The molecule has 0 radical (unpaired) electrons. The molecule has 21 heavy (non-hydrogen) atoms. The van der Waals surface area contributed by atoms with E-state index in [1.54, 1.807) is 6.07 Å². The Morgan fingerprint density at radius 1 is 1.10 bits per heavy atom. The SMILES string of the molecule is Fc1ccccc1CNC1CCCCC1.O=C(O)C(=O)O. The quantitative estimate of drug-likeness (QED) is 0.746. The van der Waals surface area contributed by atoms with Gasteiger partial charge in [0.2, 0.25) is 0 Å². The van der Waals surface area contributed by atoms with Crippen LogP contribution in [0.4, 0.5) is 4.39 Å². The third-order valence-corrected chi connectivity index (χ3v) is 3.33. The lowest BCUT2D eigenvalue weighted by Crippen LogP contribution is -2.30. The molecule has 1 aromatic rings. The van der Waals surface area contributed by atoms with Gasteiger partial charge in [0.05, 0.1) is 0 Å². The van der Waals surface area contributed by atoms with Crippen molar-refractivity contribution in [1.29, 1.82) is 0 Å². The molecule has 0 spiro atoms. The van der Waals surface area contributed by atoms with Crippen LogP contribution in [0.25, 0.3) is 0 Å². The molecule has 1 aliphatic rings. The number of nitrogens with one attached hydrogen (secondary N) is 1. The van der Waals surface area contributed by atoms with E-state index in [0.717, 1.165) is 5.56 Å². The van der Waals surface area contributed by atoms with E-state index in [1.165, 1.54) is 38.2 Å². The van der Waals surface area contributed by atoms with E-state index in [-0.39, 0.29) is 5.82 Å². The number of aliphatic carboxylic acids is 2. The molecule has 3 N–H and O–H groups in total. The van der Waals surface area contributed by atoms with E-state index in [4.69, 9.17) is 19.8 Å². The first-order chi connectivity index (χ1) is 10.0. The van der Waals surface area contributed by atoms with Crippen molar-refractivity contribution in [2.75, 3.05) is 0 Å². The summed E-state index contributed by atoms with van der Waals surface area (Å²) in [5, 5.41) is 18.2. The Kier molecular flexibility index (Phi) is 7.39. The highest BCUT2D eigenvalue weighted by atomic mass is 19.1.